The largest absolute Gasteiger partial charge is 0.507 e. The van der Waals surface area contributed by atoms with Gasteiger partial charge in [-0.2, -0.15) is 0 Å². The van der Waals surface area contributed by atoms with Crippen molar-refractivity contribution < 1.29 is 9.84 Å². The highest BCUT2D eigenvalue weighted by Gasteiger charge is 2.37. The third kappa shape index (κ3) is 3.61. The molecule has 4 rings (SSSR count). The average Bonchev–Trinajstić information content (AvgIpc) is 2.67. The van der Waals surface area contributed by atoms with E-state index in [2.05, 4.69) is 33.0 Å². The monoisotopic (exact) mass is 388 g/mol. The van der Waals surface area contributed by atoms with Gasteiger partial charge in [0.2, 0.25) is 0 Å². The number of likely N-dealkylation sites (tertiary alicyclic amines) is 1. The molecule has 2 aliphatic rings. The summed E-state index contributed by atoms with van der Waals surface area (Å²) in [6.07, 6.45) is 1.31. The van der Waals surface area contributed by atoms with Crippen molar-refractivity contribution in [1.82, 2.24) is 15.1 Å². The zero-order chi connectivity index (χ0) is 19.0. The fourth-order valence-electron chi connectivity index (χ4n) is 4.09. The van der Waals surface area contributed by atoms with E-state index in [4.69, 9.17) is 16.3 Å². The summed E-state index contributed by atoms with van der Waals surface area (Å²) in [5.41, 5.74) is 2.30. The van der Waals surface area contributed by atoms with Crippen LogP contribution in [0.3, 0.4) is 0 Å². The molecule has 2 fully saturated rings. The topological polar surface area (TPSA) is 61.7 Å². The van der Waals surface area contributed by atoms with Gasteiger partial charge in [0, 0.05) is 30.2 Å². The molecule has 2 atom stereocenters. The molecular formula is C20H25ClN4O2. The number of halogens is 1. The van der Waals surface area contributed by atoms with Gasteiger partial charge in [-0.3, -0.25) is 0 Å². The molecular weight excluding hydrogens is 364 g/mol. The first-order chi connectivity index (χ1) is 13.1. The lowest BCUT2D eigenvalue weighted by atomic mass is 9.98. The van der Waals surface area contributed by atoms with Gasteiger partial charge >= 0.3 is 0 Å². The SMILES string of the molecule is CCN1CC[C@H]2OCCN(c3cc(C)c(-c4ccc(Cl)cc4O)nn3)[C@H]2C1. The molecule has 0 amide bonds. The van der Waals surface area contributed by atoms with E-state index in [0.29, 0.717) is 28.9 Å². The second-order valence-electron chi connectivity index (χ2n) is 7.25. The number of aromatic nitrogens is 2. The van der Waals surface area contributed by atoms with Crippen molar-refractivity contribution in [2.75, 3.05) is 37.7 Å². The van der Waals surface area contributed by atoms with Crippen LogP contribution in [0.1, 0.15) is 18.9 Å². The molecule has 1 aromatic heterocycles. The number of phenolic OH excluding ortho intramolecular Hbond substituents is 1. The summed E-state index contributed by atoms with van der Waals surface area (Å²) < 4.78 is 6.01. The second kappa shape index (κ2) is 7.62. The molecule has 0 spiro atoms. The van der Waals surface area contributed by atoms with E-state index in [9.17, 15) is 5.11 Å². The number of morpholine rings is 1. The van der Waals surface area contributed by atoms with Crippen LogP contribution < -0.4 is 4.90 Å². The van der Waals surface area contributed by atoms with Crippen molar-refractivity contribution in [2.45, 2.75) is 32.4 Å². The lowest BCUT2D eigenvalue weighted by Gasteiger charge is -2.47. The molecule has 0 radical (unpaired) electrons. The van der Waals surface area contributed by atoms with Crippen LogP contribution in [0.4, 0.5) is 5.82 Å². The maximum atomic E-state index is 10.2. The van der Waals surface area contributed by atoms with E-state index in [1.807, 2.05) is 6.92 Å². The van der Waals surface area contributed by atoms with Gasteiger partial charge in [-0.15, -0.1) is 10.2 Å². The molecule has 2 aromatic rings. The number of hydrogen-bond donors (Lipinski definition) is 1. The number of likely N-dealkylation sites (N-methyl/N-ethyl adjacent to an activating group) is 1. The molecule has 144 valence electrons. The predicted molar refractivity (Wildman–Crippen MR) is 106 cm³/mol. The van der Waals surface area contributed by atoms with Crippen molar-refractivity contribution in [1.29, 1.82) is 0 Å². The number of fused-ring (bicyclic) bond motifs is 1. The summed E-state index contributed by atoms with van der Waals surface area (Å²) in [4.78, 5) is 4.80. The Labute approximate surface area is 164 Å². The number of aryl methyl sites for hydroxylation is 1. The minimum Gasteiger partial charge on any atom is -0.507 e. The number of ether oxygens (including phenoxy) is 1. The Kier molecular flexibility index (Phi) is 5.21. The third-order valence-electron chi connectivity index (χ3n) is 5.60. The molecule has 1 aromatic carbocycles. The molecule has 2 saturated heterocycles. The summed E-state index contributed by atoms with van der Waals surface area (Å²) in [5.74, 6) is 0.992. The Balaban J connectivity index is 1.63. The summed E-state index contributed by atoms with van der Waals surface area (Å²) in [6.45, 7) is 8.86. The minimum absolute atomic E-state index is 0.116. The maximum absolute atomic E-state index is 10.2. The first-order valence-electron chi connectivity index (χ1n) is 9.50. The lowest BCUT2D eigenvalue weighted by molar-refractivity contribution is -0.0282. The molecule has 2 aliphatic heterocycles. The molecule has 27 heavy (non-hydrogen) atoms. The first-order valence-corrected chi connectivity index (χ1v) is 9.88. The second-order valence-corrected chi connectivity index (χ2v) is 7.68. The Hall–Kier alpha value is -1.89. The minimum atomic E-state index is 0.116. The fraction of sp³-hybridized carbons (Fsp3) is 0.500. The number of phenols is 1. The zero-order valence-corrected chi connectivity index (χ0v) is 16.5. The van der Waals surface area contributed by atoms with E-state index in [1.54, 1.807) is 12.1 Å². The number of aromatic hydroxyl groups is 1. The predicted octanol–water partition coefficient (Wildman–Crippen LogP) is 3.11. The lowest BCUT2D eigenvalue weighted by Crippen LogP contribution is -2.60. The van der Waals surface area contributed by atoms with Crippen molar-refractivity contribution in [3.63, 3.8) is 0 Å². The van der Waals surface area contributed by atoms with Gasteiger partial charge < -0.3 is 19.6 Å². The summed E-state index contributed by atoms with van der Waals surface area (Å²) >= 11 is 5.94. The smallest absolute Gasteiger partial charge is 0.152 e. The fourth-order valence-corrected chi connectivity index (χ4v) is 4.26. The summed E-state index contributed by atoms with van der Waals surface area (Å²) in [5, 5.41) is 19.7. The quantitative estimate of drug-likeness (QED) is 0.871. The molecule has 6 nitrogen and oxygen atoms in total. The Bertz CT molecular complexity index is 832. The third-order valence-corrected chi connectivity index (χ3v) is 5.83. The van der Waals surface area contributed by atoms with E-state index in [0.717, 1.165) is 44.0 Å². The molecule has 0 unspecified atom stereocenters. The molecule has 0 aliphatic carbocycles. The van der Waals surface area contributed by atoms with Gasteiger partial charge in [0.05, 0.1) is 24.4 Å². The van der Waals surface area contributed by atoms with Crippen LogP contribution in [0.15, 0.2) is 24.3 Å². The first kappa shape index (κ1) is 18.5. The summed E-state index contributed by atoms with van der Waals surface area (Å²) in [6, 6.07) is 7.42. The van der Waals surface area contributed by atoms with Crippen molar-refractivity contribution >= 4 is 17.4 Å². The van der Waals surface area contributed by atoms with Crippen molar-refractivity contribution in [3.8, 4) is 17.0 Å². The van der Waals surface area contributed by atoms with Crippen LogP contribution in [0, 0.1) is 6.92 Å². The van der Waals surface area contributed by atoms with E-state index >= 15 is 0 Å². The van der Waals surface area contributed by atoms with Gasteiger partial charge in [-0.1, -0.05) is 18.5 Å². The van der Waals surface area contributed by atoms with Gasteiger partial charge in [0.25, 0.3) is 0 Å². The van der Waals surface area contributed by atoms with Gasteiger partial charge in [-0.05, 0) is 49.7 Å². The molecule has 0 bridgehead atoms. The van der Waals surface area contributed by atoms with Gasteiger partial charge in [-0.25, -0.2) is 0 Å². The van der Waals surface area contributed by atoms with Crippen LogP contribution in [0.5, 0.6) is 5.75 Å². The Morgan fingerprint density at radius 1 is 1.26 bits per heavy atom. The van der Waals surface area contributed by atoms with Crippen LogP contribution in [-0.4, -0.2) is 65.1 Å². The van der Waals surface area contributed by atoms with Gasteiger partial charge in [0.1, 0.15) is 5.75 Å². The normalized spacial score (nSPS) is 23.3. The summed E-state index contributed by atoms with van der Waals surface area (Å²) in [7, 11) is 0. The molecule has 0 saturated carbocycles. The average molecular weight is 389 g/mol. The van der Waals surface area contributed by atoms with Crippen LogP contribution in [-0.2, 0) is 4.74 Å². The highest BCUT2D eigenvalue weighted by atomic mass is 35.5. The van der Waals surface area contributed by atoms with Crippen molar-refractivity contribution in [2.24, 2.45) is 0 Å². The van der Waals surface area contributed by atoms with E-state index in [1.165, 1.54) is 6.07 Å². The van der Waals surface area contributed by atoms with E-state index in [-0.39, 0.29) is 11.9 Å². The molecule has 1 N–H and O–H groups in total. The highest BCUT2D eigenvalue weighted by molar-refractivity contribution is 6.30. The Morgan fingerprint density at radius 2 is 2.11 bits per heavy atom. The van der Waals surface area contributed by atoms with Crippen LogP contribution in [0.2, 0.25) is 5.02 Å². The number of hydrogen-bond acceptors (Lipinski definition) is 6. The van der Waals surface area contributed by atoms with Gasteiger partial charge in [0.15, 0.2) is 5.82 Å². The number of benzene rings is 1. The van der Waals surface area contributed by atoms with Crippen molar-refractivity contribution in [3.05, 3.63) is 34.9 Å². The standard InChI is InChI=1S/C20H25ClN4O2/c1-3-24-7-6-18-16(12-24)25(8-9-27-18)19-10-13(2)20(23-22-19)15-5-4-14(21)11-17(15)26/h4-5,10-11,16,18,26H,3,6-9,12H2,1-2H3/t16-,18+/m0/s1. The molecule has 3 heterocycles. The highest BCUT2D eigenvalue weighted by Crippen LogP contribution is 2.34. The Morgan fingerprint density at radius 3 is 2.85 bits per heavy atom. The number of anilines is 1. The van der Waals surface area contributed by atoms with Crippen LogP contribution >= 0.6 is 11.6 Å². The maximum Gasteiger partial charge on any atom is 0.152 e. The zero-order valence-electron chi connectivity index (χ0n) is 15.7. The van der Waals surface area contributed by atoms with Crippen LogP contribution in [0.25, 0.3) is 11.3 Å². The molecule has 7 heteroatoms. The van der Waals surface area contributed by atoms with E-state index < -0.39 is 0 Å². The number of piperidine rings is 1. The number of nitrogens with zero attached hydrogens (tertiary/aromatic N) is 4. The number of rotatable bonds is 3.